The summed E-state index contributed by atoms with van der Waals surface area (Å²) in [6, 6.07) is 10.8. The van der Waals surface area contributed by atoms with Crippen molar-refractivity contribution in [1.82, 2.24) is 10.6 Å². The van der Waals surface area contributed by atoms with Gasteiger partial charge in [0.15, 0.2) is 0 Å². The topological polar surface area (TPSA) is 61.4 Å². The number of halogens is 2. The van der Waals surface area contributed by atoms with Crippen LogP contribution in [0.1, 0.15) is 15.9 Å². The molecule has 0 radical (unpaired) electrons. The molecule has 0 spiro atoms. The van der Waals surface area contributed by atoms with Crippen LogP contribution in [0.15, 0.2) is 42.5 Å². The van der Waals surface area contributed by atoms with Crippen molar-refractivity contribution < 1.29 is 14.0 Å². The van der Waals surface area contributed by atoms with E-state index in [2.05, 4.69) is 22.5 Å². The molecule has 0 unspecified atom stereocenters. The van der Waals surface area contributed by atoms with E-state index in [9.17, 15) is 14.0 Å². The number of hydrogen-bond acceptors (Lipinski definition) is 2. The molecule has 1 fully saturated rings. The highest BCUT2D eigenvalue weighted by Gasteiger charge is 2.20. The maximum atomic E-state index is 13.0. The zero-order valence-electron chi connectivity index (χ0n) is 13.7. The maximum absolute atomic E-state index is 13.0. The van der Waals surface area contributed by atoms with Gasteiger partial charge >= 0.3 is 6.03 Å². The molecular weight excluding hydrogens is 357 g/mol. The van der Waals surface area contributed by atoms with Crippen LogP contribution in [0.4, 0.5) is 14.9 Å². The standard InChI is InChI=1S/C19H15ClFN3O2/c20-17-12-14(21)5-8-16(17)18(25)22-9-1-2-13-3-6-15(7-4-13)24-11-10-23-19(24)26/h3-8,12H,9-11H2,(H,22,25)(H,23,26). The van der Waals surface area contributed by atoms with Crippen LogP contribution in [0.25, 0.3) is 0 Å². The molecule has 132 valence electrons. The third kappa shape index (κ3) is 4.13. The van der Waals surface area contributed by atoms with Crippen LogP contribution >= 0.6 is 11.6 Å². The Bertz CT molecular complexity index is 903. The average Bonchev–Trinajstić information content (AvgIpc) is 3.05. The van der Waals surface area contributed by atoms with Gasteiger partial charge in [0.05, 0.1) is 17.1 Å². The van der Waals surface area contributed by atoms with Gasteiger partial charge in [-0.2, -0.15) is 0 Å². The van der Waals surface area contributed by atoms with Crippen LogP contribution in [0.5, 0.6) is 0 Å². The highest BCUT2D eigenvalue weighted by atomic mass is 35.5. The van der Waals surface area contributed by atoms with Crippen molar-refractivity contribution in [3.63, 3.8) is 0 Å². The van der Waals surface area contributed by atoms with Gasteiger partial charge in [-0.15, -0.1) is 0 Å². The number of carbonyl (C=O) groups is 2. The molecule has 7 heteroatoms. The molecule has 1 heterocycles. The molecule has 2 N–H and O–H groups in total. The Kier molecular flexibility index (Phi) is 5.40. The van der Waals surface area contributed by atoms with E-state index in [0.29, 0.717) is 13.1 Å². The smallest absolute Gasteiger partial charge is 0.321 e. The molecular formula is C19H15ClFN3O2. The van der Waals surface area contributed by atoms with Crippen molar-refractivity contribution in [2.75, 3.05) is 24.5 Å². The van der Waals surface area contributed by atoms with Crippen molar-refractivity contribution in [3.8, 4) is 11.8 Å². The largest absolute Gasteiger partial charge is 0.341 e. The molecule has 0 atom stereocenters. The highest BCUT2D eigenvalue weighted by molar-refractivity contribution is 6.33. The number of anilines is 1. The van der Waals surface area contributed by atoms with Crippen molar-refractivity contribution in [2.24, 2.45) is 0 Å². The fourth-order valence-electron chi connectivity index (χ4n) is 2.48. The van der Waals surface area contributed by atoms with Crippen LogP contribution in [0, 0.1) is 17.7 Å². The third-order valence-corrected chi connectivity index (χ3v) is 4.09. The first-order valence-corrected chi connectivity index (χ1v) is 8.30. The van der Waals surface area contributed by atoms with E-state index in [-0.39, 0.29) is 23.2 Å². The molecule has 5 nitrogen and oxygen atoms in total. The minimum Gasteiger partial charge on any atom is -0.341 e. The van der Waals surface area contributed by atoms with E-state index < -0.39 is 11.7 Å². The van der Waals surface area contributed by atoms with Crippen molar-refractivity contribution in [1.29, 1.82) is 0 Å². The number of nitrogens with one attached hydrogen (secondary N) is 2. The first kappa shape index (κ1) is 17.8. The van der Waals surface area contributed by atoms with Crippen molar-refractivity contribution in [3.05, 3.63) is 64.4 Å². The zero-order chi connectivity index (χ0) is 18.5. The third-order valence-electron chi connectivity index (χ3n) is 3.78. The van der Waals surface area contributed by atoms with Gasteiger partial charge in [-0.3, -0.25) is 9.69 Å². The molecule has 3 amide bonds. The lowest BCUT2D eigenvalue weighted by Crippen LogP contribution is -2.27. The molecule has 0 aromatic heterocycles. The average molecular weight is 372 g/mol. The lowest BCUT2D eigenvalue weighted by Gasteiger charge is -2.13. The van der Waals surface area contributed by atoms with E-state index >= 15 is 0 Å². The zero-order valence-corrected chi connectivity index (χ0v) is 14.4. The number of benzene rings is 2. The van der Waals surface area contributed by atoms with E-state index in [1.807, 2.05) is 24.3 Å². The maximum Gasteiger partial charge on any atom is 0.321 e. The number of nitrogens with zero attached hydrogens (tertiary/aromatic N) is 1. The lowest BCUT2D eigenvalue weighted by molar-refractivity contribution is 0.0959. The molecule has 2 aromatic rings. The number of urea groups is 1. The molecule has 2 aromatic carbocycles. The first-order valence-electron chi connectivity index (χ1n) is 7.92. The number of rotatable bonds is 3. The molecule has 26 heavy (non-hydrogen) atoms. The summed E-state index contributed by atoms with van der Waals surface area (Å²) in [6.07, 6.45) is 0. The lowest BCUT2D eigenvalue weighted by atomic mass is 10.2. The van der Waals surface area contributed by atoms with Gasteiger partial charge in [-0.25, -0.2) is 9.18 Å². The summed E-state index contributed by atoms with van der Waals surface area (Å²) >= 11 is 5.84. The molecule has 3 rings (SSSR count). The Balaban J connectivity index is 1.56. The second-order valence-electron chi connectivity index (χ2n) is 5.54. The highest BCUT2D eigenvalue weighted by Crippen LogP contribution is 2.17. The molecule has 1 saturated heterocycles. The Labute approximate surface area is 155 Å². The molecule has 1 aliphatic heterocycles. The van der Waals surface area contributed by atoms with Crippen LogP contribution in [-0.4, -0.2) is 31.6 Å². The Morgan fingerprint density at radius 2 is 2.04 bits per heavy atom. The summed E-state index contributed by atoms with van der Waals surface area (Å²) in [5.74, 6) is 4.85. The van der Waals surface area contributed by atoms with Crippen molar-refractivity contribution in [2.45, 2.75) is 0 Å². The van der Waals surface area contributed by atoms with Crippen molar-refractivity contribution >= 4 is 29.2 Å². The second kappa shape index (κ2) is 7.89. The van der Waals surface area contributed by atoms with Gasteiger partial charge < -0.3 is 10.6 Å². The summed E-state index contributed by atoms with van der Waals surface area (Å²) in [7, 11) is 0. The van der Waals surface area contributed by atoms with Gasteiger partial charge in [0, 0.05) is 24.3 Å². The van der Waals surface area contributed by atoms with E-state index in [0.717, 1.165) is 17.3 Å². The summed E-state index contributed by atoms with van der Waals surface area (Å²) in [5, 5.41) is 5.41. The summed E-state index contributed by atoms with van der Waals surface area (Å²) in [5.41, 5.74) is 1.77. The molecule has 0 saturated carbocycles. The minimum absolute atomic E-state index is 0.0528. The van der Waals surface area contributed by atoms with Gasteiger partial charge in [-0.05, 0) is 42.5 Å². The van der Waals surface area contributed by atoms with E-state index in [1.54, 1.807) is 4.90 Å². The Morgan fingerprint density at radius 1 is 1.27 bits per heavy atom. The number of hydrogen-bond donors (Lipinski definition) is 2. The van der Waals surface area contributed by atoms with Crippen LogP contribution in [0.3, 0.4) is 0 Å². The molecule has 0 aliphatic carbocycles. The van der Waals surface area contributed by atoms with Crippen LogP contribution in [-0.2, 0) is 0 Å². The Hall–Kier alpha value is -3.04. The summed E-state index contributed by atoms with van der Waals surface area (Å²) in [4.78, 5) is 25.2. The molecule has 0 bridgehead atoms. The fraction of sp³-hybridized carbons (Fsp3) is 0.158. The summed E-state index contributed by atoms with van der Waals surface area (Å²) in [6.45, 7) is 1.41. The summed E-state index contributed by atoms with van der Waals surface area (Å²) < 4.78 is 13.0. The van der Waals surface area contributed by atoms with Gasteiger partial charge in [0.1, 0.15) is 5.82 Å². The number of amides is 3. The minimum atomic E-state index is -0.499. The fourth-order valence-corrected chi connectivity index (χ4v) is 2.74. The van der Waals surface area contributed by atoms with E-state index in [1.165, 1.54) is 12.1 Å². The van der Waals surface area contributed by atoms with Gasteiger partial charge in [0.2, 0.25) is 0 Å². The quantitative estimate of drug-likeness (QED) is 0.815. The predicted octanol–water partition coefficient (Wildman–Crippen LogP) is 2.79. The molecule has 1 aliphatic rings. The SMILES string of the molecule is O=C(NCC#Cc1ccc(N2CCNC2=O)cc1)c1ccc(F)cc1Cl. The van der Waals surface area contributed by atoms with E-state index in [4.69, 9.17) is 11.6 Å². The normalized spacial score (nSPS) is 13.0. The van der Waals surface area contributed by atoms with Gasteiger partial charge in [-0.1, -0.05) is 23.4 Å². The predicted molar refractivity (Wildman–Crippen MR) is 97.8 cm³/mol. The van der Waals surface area contributed by atoms with Crippen LogP contribution in [0.2, 0.25) is 5.02 Å². The number of carbonyl (C=O) groups excluding carboxylic acids is 2. The Morgan fingerprint density at radius 3 is 2.69 bits per heavy atom. The van der Waals surface area contributed by atoms with Gasteiger partial charge in [0.25, 0.3) is 5.91 Å². The second-order valence-corrected chi connectivity index (χ2v) is 5.95. The van der Waals surface area contributed by atoms with Crippen LogP contribution < -0.4 is 15.5 Å². The monoisotopic (exact) mass is 371 g/mol. The first-order chi connectivity index (χ1) is 12.5.